The first-order valence-corrected chi connectivity index (χ1v) is 8.72. The first-order chi connectivity index (χ1) is 12.6. The highest BCUT2D eigenvalue weighted by atomic mass is 16.3. The summed E-state index contributed by atoms with van der Waals surface area (Å²) in [5.41, 5.74) is 0.270. The van der Waals surface area contributed by atoms with Crippen LogP contribution < -0.4 is 10.9 Å². The van der Waals surface area contributed by atoms with Gasteiger partial charge in [0.25, 0.3) is 5.56 Å². The van der Waals surface area contributed by atoms with E-state index in [0.717, 1.165) is 0 Å². The Morgan fingerprint density at radius 1 is 1.30 bits per heavy atom. The molecule has 0 aromatic carbocycles. The number of aromatic nitrogens is 4. The smallest absolute Gasteiger partial charge is 0.252 e. The largest absolute Gasteiger partial charge is 0.463 e. The second-order valence-electron chi connectivity index (χ2n) is 7.66. The number of H-pyrrole nitrogens is 1. The van der Waals surface area contributed by atoms with Crippen LogP contribution in [0.5, 0.6) is 0 Å². The van der Waals surface area contributed by atoms with Gasteiger partial charge in [-0.05, 0) is 18.1 Å². The molecule has 0 aliphatic rings. The summed E-state index contributed by atoms with van der Waals surface area (Å²) in [4.78, 5) is 31.7. The van der Waals surface area contributed by atoms with Crippen molar-refractivity contribution >= 4 is 11.7 Å². The number of nitrogens with zero attached hydrogens (tertiary/aromatic N) is 3. The maximum absolute atomic E-state index is 12.5. The summed E-state index contributed by atoms with van der Waals surface area (Å²) in [6, 6.07) is 6.66. The van der Waals surface area contributed by atoms with Crippen LogP contribution >= 0.6 is 0 Å². The number of anilines is 1. The van der Waals surface area contributed by atoms with Gasteiger partial charge in [-0.25, -0.2) is 4.98 Å². The molecule has 3 heterocycles. The lowest BCUT2D eigenvalue weighted by Gasteiger charge is -2.18. The van der Waals surface area contributed by atoms with Crippen molar-refractivity contribution in [2.75, 3.05) is 5.32 Å². The number of hydrogen-bond acceptors (Lipinski definition) is 5. The summed E-state index contributed by atoms with van der Waals surface area (Å²) in [6.45, 7) is 9.35. The van der Waals surface area contributed by atoms with Gasteiger partial charge in [0.05, 0.1) is 12.0 Å². The van der Waals surface area contributed by atoms with E-state index in [9.17, 15) is 9.59 Å². The molecule has 8 heteroatoms. The Morgan fingerprint density at radius 2 is 2.04 bits per heavy atom. The van der Waals surface area contributed by atoms with Gasteiger partial charge < -0.3 is 9.73 Å². The number of amides is 1. The number of hydrogen-bond donors (Lipinski definition) is 2. The first kappa shape index (κ1) is 18.6. The average molecular weight is 369 g/mol. The number of aromatic amines is 1. The molecule has 0 bridgehead atoms. The molecule has 3 aromatic rings. The molecule has 3 rings (SSSR count). The molecule has 0 saturated carbocycles. The van der Waals surface area contributed by atoms with Crippen molar-refractivity contribution in [3.05, 3.63) is 46.6 Å². The molecule has 27 heavy (non-hydrogen) atoms. The predicted octanol–water partition coefficient (Wildman–Crippen LogP) is 3.32. The summed E-state index contributed by atoms with van der Waals surface area (Å²) >= 11 is 0. The number of rotatable bonds is 4. The lowest BCUT2D eigenvalue weighted by Crippen LogP contribution is -2.29. The standard InChI is InChI=1S/C19H23N5O3/c1-11(2)12-10-16(25)22-18(20-12)24-15(21-17(26)19(3,4)5)9-13(23-24)14-7-6-8-27-14/h6-11H,1-5H3,(H,21,26)(H,20,22,25). The topological polar surface area (TPSA) is 106 Å². The molecular weight excluding hydrogens is 346 g/mol. The van der Waals surface area contributed by atoms with Crippen LogP contribution in [0.1, 0.15) is 46.2 Å². The zero-order valence-corrected chi connectivity index (χ0v) is 16.0. The van der Waals surface area contributed by atoms with Crippen LogP contribution in [0.15, 0.2) is 39.7 Å². The predicted molar refractivity (Wildman–Crippen MR) is 102 cm³/mol. The van der Waals surface area contributed by atoms with Crippen LogP contribution in [0.4, 0.5) is 5.82 Å². The average Bonchev–Trinajstić information content (AvgIpc) is 3.22. The van der Waals surface area contributed by atoms with Gasteiger partial charge in [-0.1, -0.05) is 34.6 Å². The fourth-order valence-corrected chi connectivity index (χ4v) is 2.34. The molecule has 8 nitrogen and oxygen atoms in total. The van der Waals surface area contributed by atoms with E-state index in [0.29, 0.717) is 23.0 Å². The van der Waals surface area contributed by atoms with E-state index in [1.54, 1.807) is 24.5 Å². The van der Waals surface area contributed by atoms with Crippen LogP contribution in [-0.2, 0) is 4.79 Å². The lowest BCUT2D eigenvalue weighted by molar-refractivity contribution is -0.123. The second-order valence-corrected chi connectivity index (χ2v) is 7.66. The van der Waals surface area contributed by atoms with Gasteiger partial charge in [-0.2, -0.15) is 9.78 Å². The Morgan fingerprint density at radius 3 is 2.63 bits per heavy atom. The monoisotopic (exact) mass is 369 g/mol. The highest BCUT2D eigenvalue weighted by Gasteiger charge is 2.24. The third kappa shape index (κ3) is 3.99. The van der Waals surface area contributed by atoms with Crippen LogP contribution in [0, 0.1) is 5.41 Å². The molecule has 0 aliphatic heterocycles. The number of nitrogens with one attached hydrogen (secondary N) is 2. The molecule has 142 valence electrons. The van der Waals surface area contributed by atoms with Gasteiger partial charge in [0.1, 0.15) is 11.5 Å². The first-order valence-electron chi connectivity index (χ1n) is 8.72. The van der Waals surface area contributed by atoms with E-state index in [1.165, 1.54) is 10.7 Å². The van der Waals surface area contributed by atoms with E-state index in [-0.39, 0.29) is 23.3 Å². The third-order valence-electron chi connectivity index (χ3n) is 3.95. The van der Waals surface area contributed by atoms with E-state index in [1.807, 2.05) is 34.6 Å². The quantitative estimate of drug-likeness (QED) is 0.734. The van der Waals surface area contributed by atoms with Gasteiger partial charge in [0, 0.05) is 17.5 Å². The van der Waals surface area contributed by atoms with Crippen LogP contribution in [0.25, 0.3) is 17.4 Å². The fourth-order valence-electron chi connectivity index (χ4n) is 2.34. The lowest BCUT2D eigenvalue weighted by atomic mass is 9.96. The van der Waals surface area contributed by atoms with Crippen molar-refractivity contribution in [3.8, 4) is 17.4 Å². The molecule has 1 amide bonds. The Labute approximate surface area is 156 Å². The second kappa shape index (κ2) is 6.86. The van der Waals surface area contributed by atoms with Crippen molar-refractivity contribution in [2.45, 2.75) is 40.5 Å². The molecule has 3 aromatic heterocycles. The Kier molecular flexibility index (Phi) is 4.73. The molecule has 0 unspecified atom stereocenters. The van der Waals surface area contributed by atoms with Gasteiger partial charge in [-0.15, -0.1) is 0 Å². The molecule has 0 spiro atoms. The fraction of sp³-hybridized carbons (Fsp3) is 0.368. The molecule has 0 aliphatic carbocycles. The highest BCUT2D eigenvalue weighted by Crippen LogP contribution is 2.26. The van der Waals surface area contributed by atoms with Crippen molar-refractivity contribution in [1.29, 1.82) is 0 Å². The van der Waals surface area contributed by atoms with Gasteiger partial charge in [-0.3, -0.25) is 14.6 Å². The number of carbonyl (C=O) groups excluding carboxylic acids is 1. The minimum Gasteiger partial charge on any atom is -0.463 e. The summed E-state index contributed by atoms with van der Waals surface area (Å²) in [6.07, 6.45) is 1.54. The molecule has 0 radical (unpaired) electrons. The van der Waals surface area contributed by atoms with E-state index < -0.39 is 5.41 Å². The minimum absolute atomic E-state index is 0.0683. The number of carbonyl (C=O) groups is 1. The zero-order chi connectivity index (χ0) is 19.8. The molecule has 2 N–H and O–H groups in total. The van der Waals surface area contributed by atoms with E-state index in [2.05, 4.69) is 20.4 Å². The Hall–Kier alpha value is -3.16. The van der Waals surface area contributed by atoms with Crippen molar-refractivity contribution in [2.24, 2.45) is 5.41 Å². The normalized spacial score (nSPS) is 11.8. The zero-order valence-electron chi connectivity index (χ0n) is 16.0. The van der Waals surface area contributed by atoms with Crippen LogP contribution in [-0.4, -0.2) is 25.7 Å². The summed E-state index contributed by atoms with van der Waals surface area (Å²) < 4.78 is 6.81. The Bertz CT molecular complexity index is 1010. The van der Waals surface area contributed by atoms with Crippen molar-refractivity contribution in [1.82, 2.24) is 19.7 Å². The third-order valence-corrected chi connectivity index (χ3v) is 3.95. The summed E-state index contributed by atoms with van der Waals surface area (Å²) in [5.74, 6) is 1.05. The van der Waals surface area contributed by atoms with Gasteiger partial charge >= 0.3 is 0 Å². The van der Waals surface area contributed by atoms with Gasteiger partial charge in [0.15, 0.2) is 5.76 Å². The van der Waals surface area contributed by atoms with E-state index in [4.69, 9.17) is 4.42 Å². The van der Waals surface area contributed by atoms with Crippen molar-refractivity contribution in [3.63, 3.8) is 0 Å². The maximum atomic E-state index is 12.5. The Balaban J connectivity index is 2.13. The minimum atomic E-state index is -0.597. The van der Waals surface area contributed by atoms with E-state index >= 15 is 0 Å². The van der Waals surface area contributed by atoms with Crippen LogP contribution in [0.2, 0.25) is 0 Å². The molecule has 0 saturated heterocycles. The van der Waals surface area contributed by atoms with Crippen LogP contribution in [0.3, 0.4) is 0 Å². The number of furan rings is 1. The summed E-state index contributed by atoms with van der Waals surface area (Å²) in [5, 5.41) is 7.33. The SMILES string of the molecule is CC(C)c1cc(=O)[nH]c(-n2nc(-c3ccco3)cc2NC(=O)C(C)(C)C)n1. The molecular formula is C19H23N5O3. The maximum Gasteiger partial charge on any atom is 0.252 e. The summed E-state index contributed by atoms with van der Waals surface area (Å²) in [7, 11) is 0. The molecule has 0 fully saturated rings. The highest BCUT2D eigenvalue weighted by molar-refractivity contribution is 5.94. The molecule has 0 atom stereocenters. The van der Waals surface area contributed by atoms with Gasteiger partial charge in [0.2, 0.25) is 11.9 Å². The van der Waals surface area contributed by atoms with Crippen molar-refractivity contribution < 1.29 is 9.21 Å².